The summed E-state index contributed by atoms with van der Waals surface area (Å²) in [4.78, 5) is 18.6. The van der Waals surface area contributed by atoms with Crippen molar-refractivity contribution in [2.75, 3.05) is 13.2 Å². The van der Waals surface area contributed by atoms with Crippen LogP contribution in [0.3, 0.4) is 0 Å². The molecule has 0 aliphatic carbocycles. The molecule has 0 radical (unpaired) electrons. The first-order valence-electron chi connectivity index (χ1n) is 7.31. The summed E-state index contributed by atoms with van der Waals surface area (Å²) in [6, 6.07) is 5.68. The Labute approximate surface area is 128 Å². The van der Waals surface area contributed by atoms with E-state index in [1.165, 1.54) is 11.0 Å². The third kappa shape index (κ3) is 3.85. The fraction of sp³-hybridized carbons (Fsp3) is 0.500. The van der Waals surface area contributed by atoms with Crippen LogP contribution in [-0.2, 0) is 22.6 Å². The Morgan fingerprint density at radius 1 is 1.45 bits per heavy atom. The summed E-state index contributed by atoms with van der Waals surface area (Å²) in [5, 5.41) is 10.8. The topological polar surface area (TPSA) is 86.0 Å². The number of tetrazole rings is 1. The highest BCUT2D eigenvalue weighted by Gasteiger charge is 2.23. The Morgan fingerprint density at radius 3 is 3.09 bits per heavy atom. The molecule has 3 rings (SSSR count). The van der Waals surface area contributed by atoms with E-state index in [9.17, 15) is 4.79 Å². The van der Waals surface area contributed by atoms with Gasteiger partial charge in [-0.15, -0.1) is 5.10 Å². The largest absolute Gasteiger partial charge is 0.376 e. The second kappa shape index (κ2) is 7.08. The van der Waals surface area contributed by atoms with Crippen molar-refractivity contribution in [1.82, 2.24) is 30.1 Å². The van der Waals surface area contributed by atoms with Crippen LogP contribution in [-0.4, -0.2) is 55.3 Å². The Morgan fingerprint density at radius 2 is 2.41 bits per heavy atom. The summed E-state index contributed by atoms with van der Waals surface area (Å²) in [5.41, 5.74) is 0.852. The predicted octanol–water partition coefficient (Wildman–Crippen LogP) is 0.276. The average Bonchev–Trinajstić information content (AvgIpc) is 3.21. The lowest BCUT2D eigenvalue weighted by Crippen LogP contribution is -2.39. The number of nitrogens with zero attached hydrogens (tertiary/aromatic N) is 6. The number of pyridine rings is 1. The van der Waals surface area contributed by atoms with Gasteiger partial charge in [-0.1, -0.05) is 6.07 Å². The number of carbonyl (C=O) groups is 1. The van der Waals surface area contributed by atoms with Crippen LogP contribution in [0.4, 0.5) is 0 Å². The third-order valence-corrected chi connectivity index (χ3v) is 3.57. The summed E-state index contributed by atoms with van der Waals surface area (Å²) < 4.78 is 7.06. The molecule has 1 atom stereocenters. The van der Waals surface area contributed by atoms with Crippen molar-refractivity contribution in [3.05, 3.63) is 36.4 Å². The van der Waals surface area contributed by atoms with E-state index in [0.29, 0.717) is 13.1 Å². The summed E-state index contributed by atoms with van der Waals surface area (Å²) >= 11 is 0. The molecule has 0 spiro atoms. The first-order valence-corrected chi connectivity index (χ1v) is 7.31. The number of aromatic nitrogens is 5. The van der Waals surface area contributed by atoms with Crippen molar-refractivity contribution < 1.29 is 9.53 Å². The molecule has 3 heterocycles. The van der Waals surface area contributed by atoms with Gasteiger partial charge in [-0.05, 0) is 35.4 Å². The van der Waals surface area contributed by atoms with Crippen LogP contribution in [0.15, 0.2) is 30.7 Å². The molecule has 8 heteroatoms. The van der Waals surface area contributed by atoms with E-state index in [1.807, 2.05) is 18.2 Å². The lowest BCUT2D eigenvalue weighted by Gasteiger charge is -2.25. The van der Waals surface area contributed by atoms with Crippen molar-refractivity contribution in [2.24, 2.45) is 0 Å². The molecular formula is C14H18N6O2. The van der Waals surface area contributed by atoms with E-state index in [4.69, 9.17) is 4.74 Å². The van der Waals surface area contributed by atoms with Crippen LogP contribution in [0, 0.1) is 0 Å². The van der Waals surface area contributed by atoms with Gasteiger partial charge in [-0.2, -0.15) is 0 Å². The Hall–Kier alpha value is -2.35. The molecule has 1 aliphatic rings. The van der Waals surface area contributed by atoms with E-state index in [1.54, 1.807) is 11.1 Å². The molecule has 2 aromatic heterocycles. The number of rotatable bonds is 6. The molecule has 0 N–H and O–H groups in total. The second-order valence-corrected chi connectivity index (χ2v) is 5.24. The monoisotopic (exact) mass is 302 g/mol. The van der Waals surface area contributed by atoms with Crippen LogP contribution in [0.5, 0.6) is 0 Å². The molecular weight excluding hydrogens is 284 g/mol. The molecule has 0 bridgehead atoms. The quantitative estimate of drug-likeness (QED) is 0.761. The standard InChI is InChI=1S/C14H18N6O2/c21-14(10-20-11-16-17-18-20)19(9-13-5-3-7-22-13)8-12-4-1-2-6-15-12/h1-2,4,6,11,13H,3,5,7-10H2/t13-/m0/s1. The van der Waals surface area contributed by atoms with Gasteiger partial charge in [0.15, 0.2) is 0 Å². The first kappa shape index (κ1) is 14.6. The second-order valence-electron chi connectivity index (χ2n) is 5.24. The maximum atomic E-state index is 12.5. The van der Waals surface area contributed by atoms with Crippen molar-refractivity contribution in [1.29, 1.82) is 0 Å². The minimum Gasteiger partial charge on any atom is -0.376 e. The van der Waals surface area contributed by atoms with Crippen molar-refractivity contribution in [3.63, 3.8) is 0 Å². The number of carbonyl (C=O) groups excluding carboxylic acids is 1. The minimum atomic E-state index is -0.0477. The highest BCUT2D eigenvalue weighted by Crippen LogP contribution is 2.15. The molecule has 1 fully saturated rings. The Kier molecular flexibility index (Phi) is 4.69. The van der Waals surface area contributed by atoms with Gasteiger partial charge in [0.25, 0.3) is 0 Å². The van der Waals surface area contributed by atoms with Gasteiger partial charge in [-0.3, -0.25) is 9.78 Å². The highest BCUT2D eigenvalue weighted by atomic mass is 16.5. The molecule has 1 aliphatic heterocycles. The van der Waals surface area contributed by atoms with E-state index in [-0.39, 0.29) is 18.6 Å². The predicted molar refractivity (Wildman–Crippen MR) is 76.4 cm³/mol. The molecule has 1 saturated heterocycles. The lowest BCUT2D eigenvalue weighted by molar-refractivity contribution is -0.134. The fourth-order valence-electron chi connectivity index (χ4n) is 2.47. The zero-order valence-corrected chi connectivity index (χ0v) is 12.2. The molecule has 2 aromatic rings. The zero-order chi connectivity index (χ0) is 15.2. The van der Waals surface area contributed by atoms with E-state index in [0.717, 1.165) is 25.1 Å². The molecule has 0 unspecified atom stereocenters. The number of ether oxygens (including phenoxy) is 1. The fourth-order valence-corrected chi connectivity index (χ4v) is 2.47. The Bertz CT molecular complexity index is 583. The average molecular weight is 302 g/mol. The highest BCUT2D eigenvalue weighted by molar-refractivity contribution is 5.75. The molecule has 22 heavy (non-hydrogen) atoms. The molecule has 1 amide bonds. The van der Waals surface area contributed by atoms with Gasteiger partial charge in [0.2, 0.25) is 5.91 Å². The van der Waals surface area contributed by atoms with Gasteiger partial charge in [0.1, 0.15) is 12.9 Å². The van der Waals surface area contributed by atoms with Crippen LogP contribution in [0.2, 0.25) is 0 Å². The van der Waals surface area contributed by atoms with E-state index < -0.39 is 0 Å². The lowest BCUT2D eigenvalue weighted by atomic mass is 10.2. The third-order valence-electron chi connectivity index (χ3n) is 3.57. The van der Waals surface area contributed by atoms with Crippen molar-refractivity contribution in [2.45, 2.75) is 32.0 Å². The normalized spacial score (nSPS) is 17.5. The number of amides is 1. The molecule has 8 nitrogen and oxygen atoms in total. The van der Waals surface area contributed by atoms with Gasteiger partial charge >= 0.3 is 0 Å². The van der Waals surface area contributed by atoms with Crippen molar-refractivity contribution >= 4 is 5.91 Å². The summed E-state index contributed by atoms with van der Waals surface area (Å²) in [5.74, 6) is -0.0477. The van der Waals surface area contributed by atoms with E-state index >= 15 is 0 Å². The maximum Gasteiger partial charge on any atom is 0.244 e. The van der Waals surface area contributed by atoms with Crippen LogP contribution < -0.4 is 0 Å². The molecule has 0 aromatic carbocycles. The minimum absolute atomic E-state index is 0.0477. The van der Waals surface area contributed by atoms with Gasteiger partial charge in [0.05, 0.1) is 18.3 Å². The zero-order valence-electron chi connectivity index (χ0n) is 12.2. The van der Waals surface area contributed by atoms with Crippen LogP contribution in [0.25, 0.3) is 0 Å². The smallest absolute Gasteiger partial charge is 0.244 e. The van der Waals surface area contributed by atoms with Crippen molar-refractivity contribution in [3.8, 4) is 0 Å². The Balaban J connectivity index is 1.68. The van der Waals surface area contributed by atoms with Gasteiger partial charge in [0, 0.05) is 19.3 Å². The molecule has 0 saturated carbocycles. The van der Waals surface area contributed by atoms with E-state index in [2.05, 4.69) is 20.5 Å². The van der Waals surface area contributed by atoms with Gasteiger partial charge in [-0.25, -0.2) is 4.68 Å². The first-order chi connectivity index (χ1) is 10.8. The summed E-state index contributed by atoms with van der Waals surface area (Å²) in [6.07, 6.45) is 5.29. The summed E-state index contributed by atoms with van der Waals surface area (Å²) in [7, 11) is 0. The van der Waals surface area contributed by atoms with Crippen LogP contribution in [0.1, 0.15) is 18.5 Å². The van der Waals surface area contributed by atoms with Gasteiger partial charge < -0.3 is 9.64 Å². The number of hydrogen-bond donors (Lipinski definition) is 0. The summed E-state index contributed by atoms with van der Waals surface area (Å²) in [6.45, 7) is 1.91. The van der Waals surface area contributed by atoms with Crippen LogP contribution >= 0.6 is 0 Å². The SMILES string of the molecule is O=C(Cn1cnnn1)N(Cc1ccccn1)C[C@@H]1CCCO1. The number of hydrogen-bond acceptors (Lipinski definition) is 6. The maximum absolute atomic E-state index is 12.5. The molecule has 116 valence electrons.